The van der Waals surface area contributed by atoms with E-state index in [0.29, 0.717) is 11.1 Å². The van der Waals surface area contributed by atoms with Crippen LogP contribution in [0.2, 0.25) is 0 Å². The van der Waals surface area contributed by atoms with Crippen LogP contribution in [0.4, 0.5) is 8.78 Å². The van der Waals surface area contributed by atoms with Gasteiger partial charge in [0, 0.05) is 17.5 Å². The largest absolute Gasteiger partial charge is 0.471 e. The number of rotatable bonds is 4. The third-order valence-corrected chi connectivity index (χ3v) is 2.33. The standard InChI is InChI=1S/C12H12F2N2O/c13-11(14)7-17-12-9(6-15)5-8-3-1-2-4-10(8)16-12/h1-5,11H,6-7,15H2. The molecule has 17 heavy (non-hydrogen) atoms. The lowest BCUT2D eigenvalue weighted by Crippen LogP contribution is -2.11. The molecule has 0 bridgehead atoms. The lowest BCUT2D eigenvalue weighted by Gasteiger charge is -2.10. The average molecular weight is 238 g/mol. The highest BCUT2D eigenvalue weighted by atomic mass is 19.3. The van der Waals surface area contributed by atoms with Crippen LogP contribution in [-0.2, 0) is 6.54 Å². The molecular weight excluding hydrogens is 226 g/mol. The number of nitrogens with two attached hydrogens (primary N) is 1. The van der Waals surface area contributed by atoms with Gasteiger partial charge in [0.05, 0.1) is 5.52 Å². The summed E-state index contributed by atoms with van der Waals surface area (Å²) in [6, 6.07) is 9.20. The molecule has 0 fully saturated rings. The quantitative estimate of drug-likeness (QED) is 0.889. The zero-order chi connectivity index (χ0) is 12.3. The molecular formula is C12H12F2N2O. The Kier molecular flexibility index (Phi) is 3.49. The molecule has 5 heteroatoms. The Morgan fingerprint density at radius 2 is 2.06 bits per heavy atom. The smallest absolute Gasteiger partial charge is 0.272 e. The number of nitrogens with zero attached hydrogens (tertiary/aromatic N) is 1. The first-order chi connectivity index (χ1) is 8.20. The van der Waals surface area contributed by atoms with Gasteiger partial charge in [-0.15, -0.1) is 0 Å². The highest BCUT2D eigenvalue weighted by molar-refractivity contribution is 5.79. The van der Waals surface area contributed by atoms with Crippen LogP contribution in [0.25, 0.3) is 10.9 Å². The molecule has 2 rings (SSSR count). The van der Waals surface area contributed by atoms with Crippen molar-refractivity contribution in [3.63, 3.8) is 0 Å². The number of hydrogen-bond acceptors (Lipinski definition) is 3. The van der Waals surface area contributed by atoms with Gasteiger partial charge in [0.25, 0.3) is 6.43 Å². The summed E-state index contributed by atoms with van der Waals surface area (Å²) in [6.07, 6.45) is -2.52. The van der Waals surface area contributed by atoms with E-state index >= 15 is 0 Å². The van der Waals surface area contributed by atoms with Crippen LogP contribution >= 0.6 is 0 Å². The Balaban J connectivity index is 2.38. The summed E-state index contributed by atoms with van der Waals surface area (Å²) in [5, 5.41) is 0.914. The SMILES string of the molecule is NCc1cc2ccccc2nc1OCC(F)F. The first-order valence-corrected chi connectivity index (χ1v) is 5.20. The van der Waals surface area contributed by atoms with E-state index in [0.717, 1.165) is 5.39 Å². The van der Waals surface area contributed by atoms with E-state index in [9.17, 15) is 8.78 Å². The van der Waals surface area contributed by atoms with E-state index in [1.54, 1.807) is 6.07 Å². The second-order valence-corrected chi connectivity index (χ2v) is 3.55. The van der Waals surface area contributed by atoms with Crippen LogP contribution < -0.4 is 10.5 Å². The normalized spacial score (nSPS) is 11.1. The number of pyridine rings is 1. The molecule has 0 saturated carbocycles. The Labute approximate surface area is 97.2 Å². The summed E-state index contributed by atoms with van der Waals surface area (Å²) in [4.78, 5) is 4.18. The first kappa shape index (κ1) is 11.7. The molecule has 0 unspecified atom stereocenters. The summed E-state index contributed by atoms with van der Waals surface area (Å²) in [5.41, 5.74) is 6.87. The lowest BCUT2D eigenvalue weighted by atomic mass is 10.1. The van der Waals surface area contributed by atoms with Crippen molar-refractivity contribution in [3.05, 3.63) is 35.9 Å². The highest BCUT2D eigenvalue weighted by Gasteiger charge is 2.10. The fraction of sp³-hybridized carbons (Fsp3) is 0.250. The molecule has 1 heterocycles. The van der Waals surface area contributed by atoms with Gasteiger partial charge in [-0.1, -0.05) is 18.2 Å². The molecule has 1 aromatic carbocycles. The van der Waals surface area contributed by atoms with Crippen molar-refractivity contribution in [2.45, 2.75) is 13.0 Å². The van der Waals surface area contributed by atoms with Gasteiger partial charge < -0.3 is 10.5 Å². The molecule has 0 aliphatic heterocycles. The topological polar surface area (TPSA) is 48.1 Å². The molecule has 90 valence electrons. The van der Waals surface area contributed by atoms with Gasteiger partial charge in [-0.25, -0.2) is 13.8 Å². The summed E-state index contributed by atoms with van der Waals surface area (Å²) >= 11 is 0. The van der Waals surface area contributed by atoms with Gasteiger partial charge in [-0.3, -0.25) is 0 Å². The Morgan fingerprint density at radius 3 is 2.76 bits per heavy atom. The minimum absolute atomic E-state index is 0.187. The van der Waals surface area contributed by atoms with Crippen LogP contribution in [0, 0.1) is 0 Å². The van der Waals surface area contributed by atoms with E-state index in [1.165, 1.54) is 0 Å². The van der Waals surface area contributed by atoms with Crippen LogP contribution in [-0.4, -0.2) is 18.0 Å². The van der Waals surface area contributed by atoms with Gasteiger partial charge in [0.15, 0.2) is 6.61 Å². The fourth-order valence-corrected chi connectivity index (χ4v) is 1.56. The predicted octanol–water partition coefficient (Wildman–Crippen LogP) is 2.34. The van der Waals surface area contributed by atoms with E-state index < -0.39 is 13.0 Å². The van der Waals surface area contributed by atoms with E-state index in [1.807, 2.05) is 24.3 Å². The maximum absolute atomic E-state index is 12.1. The zero-order valence-corrected chi connectivity index (χ0v) is 9.07. The third-order valence-electron chi connectivity index (χ3n) is 2.33. The van der Waals surface area contributed by atoms with Crippen LogP contribution in [0.5, 0.6) is 5.88 Å². The van der Waals surface area contributed by atoms with Crippen molar-refractivity contribution >= 4 is 10.9 Å². The van der Waals surface area contributed by atoms with E-state index in [4.69, 9.17) is 10.5 Å². The summed E-state index contributed by atoms with van der Waals surface area (Å²) in [6.45, 7) is -0.464. The zero-order valence-electron chi connectivity index (χ0n) is 9.07. The maximum atomic E-state index is 12.1. The van der Waals surface area contributed by atoms with Crippen molar-refractivity contribution in [2.24, 2.45) is 5.73 Å². The minimum Gasteiger partial charge on any atom is -0.471 e. The second kappa shape index (κ2) is 5.05. The van der Waals surface area contributed by atoms with Crippen LogP contribution in [0.15, 0.2) is 30.3 Å². The average Bonchev–Trinajstić information content (AvgIpc) is 2.35. The van der Waals surface area contributed by atoms with Gasteiger partial charge >= 0.3 is 0 Å². The molecule has 1 aromatic heterocycles. The number of hydrogen-bond donors (Lipinski definition) is 1. The van der Waals surface area contributed by atoms with Crippen molar-refractivity contribution < 1.29 is 13.5 Å². The number of benzene rings is 1. The van der Waals surface area contributed by atoms with Crippen molar-refractivity contribution in [1.29, 1.82) is 0 Å². The molecule has 2 N–H and O–H groups in total. The molecule has 0 atom stereocenters. The number of aromatic nitrogens is 1. The summed E-state index contributed by atoms with van der Waals surface area (Å²) in [7, 11) is 0. The number of para-hydroxylation sites is 1. The molecule has 2 aromatic rings. The van der Waals surface area contributed by atoms with E-state index in [2.05, 4.69) is 4.98 Å². The molecule has 0 radical (unpaired) electrons. The molecule has 3 nitrogen and oxygen atoms in total. The minimum atomic E-state index is -2.52. The number of alkyl halides is 2. The highest BCUT2D eigenvalue weighted by Crippen LogP contribution is 2.22. The van der Waals surface area contributed by atoms with Gasteiger partial charge in [-0.2, -0.15) is 0 Å². The summed E-state index contributed by atoms with van der Waals surface area (Å²) in [5.74, 6) is 0.187. The molecule has 0 aliphatic rings. The van der Waals surface area contributed by atoms with Crippen molar-refractivity contribution in [3.8, 4) is 5.88 Å². The van der Waals surface area contributed by atoms with Gasteiger partial charge in [-0.05, 0) is 12.1 Å². The molecule has 0 saturated heterocycles. The number of fused-ring (bicyclic) bond motifs is 1. The maximum Gasteiger partial charge on any atom is 0.272 e. The molecule has 0 spiro atoms. The number of halogens is 2. The summed E-state index contributed by atoms with van der Waals surface area (Å²) < 4.78 is 29.1. The van der Waals surface area contributed by atoms with Crippen LogP contribution in [0.3, 0.4) is 0 Å². The van der Waals surface area contributed by atoms with Crippen molar-refractivity contribution in [1.82, 2.24) is 4.98 Å². The number of ether oxygens (including phenoxy) is 1. The first-order valence-electron chi connectivity index (χ1n) is 5.20. The Hall–Kier alpha value is -1.75. The van der Waals surface area contributed by atoms with E-state index in [-0.39, 0.29) is 12.4 Å². The predicted molar refractivity (Wildman–Crippen MR) is 61.1 cm³/mol. The molecule has 0 aliphatic carbocycles. The Bertz CT molecular complexity index is 517. The fourth-order valence-electron chi connectivity index (χ4n) is 1.56. The molecule has 0 amide bonds. The monoisotopic (exact) mass is 238 g/mol. The van der Waals surface area contributed by atoms with Crippen LogP contribution in [0.1, 0.15) is 5.56 Å². The van der Waals surface area contributed by atoms with Crippen molar-refractivity contribution in [2.75, 3.05) is 6.61 Å². The third kappa shape index (κ3) is 2.68. The second-order valence-electron chi connectivity index (χ2n) is 3.55. The lowest BCUT2D eigenvalue weighted by molar-refractivity contribution is 0.0792. The van der Waals surface area contributed by atoms with Gasteiger partial charge in [0.2, 0.25) is 5.88 Å². The Morgan fingerprint density at radius 1 is 1.29 bits per heavy atom. The van der Waals surface area contributed by atoms with Gasteiger partial charge in [0.1, 0.15) is 0 Å².